The average Bonchev–Trinajstić information content (AvgIpc) is 3.25. The molecule has 4 aromatic carbocycles. The number of fused-ring (bicyclic) bond motifs is 2. The molecule has 6 N–H and O–H groups in total. The quantitative estimate of drug-likeness (QED) is 0.0366. The number of carbonyl (C=O) groups is 6. The predicted molar refractivity (Wildman–Crippen MR) is 242 cm³/mol. The fraction of sp³-hybridized carbons (Fsp3) is 0.400. The van der Waals surface area contributed by atoms with Crippen LogP contribution < -0.4 is 21.3 Å². The molecule has 1 aliphatic rings. The molecule has 0 unspecified atom stereocenters. The van der Waals surface area contributed by atoms with Gasteiger partial charge in [0.05, 0.1) is 22.5 Å². The molecule has 4 aromatic rings. The average molecular weight is 845 g/mol. The number of hydrogen-bond donors (Lipinski definition) is 6. The number of aryl methyl sites for hydroxylation is 4. The molecule has 2 amide bonds. The lowest BCUT2D eigenvalue weighted by atomic mass is 9.81. The number of rotatable bonds is 22. The molecule has 0 heterocycles. The molecule has 0 radical (unpaired) electrons. The molecule has 0 saturated carbocycles. The van der Waals surface area contributed by atoms with E-state index >= 15 is 0 Å². The van der Waals surface area contributed by atoms with Crippen LogP contribution in [-0.2, 0) is 58.0 Å². The molecule has 62 heavy (non-hydrogen) atoms. The number of nitrogens with one attached hydrogen (secondary N) is 4. The number of benzene rings is 4. The minimum absolute atomic E-state index is 0.0224. The van der Waals surface area contributed by atoms with Crippen molar-refractivity contribution in [1.29, 1.82) is 0 Å². The van der Waals surface area contributed by atoms with Gasteiger partial charge in [0.1, 0.15) is 0 Å². The fourth-order valence-corrected chi connectivity index (χ4v) is 8.52. The SMILES string of the molecule is CCc1cc(C)c(CNC(=O)CCCCC(=O)O)c(CC)c1Nc1ccc(Nc2c(CC)cc(C)c(CNC(=O)CCCCC(=O)O)c2CC)c2c1C(=O)c1ccccc1C2=O. The third kappa shape index (κ3) is 10.8. The van der Waals surface area contributed by atoms with E-state index in [0.717, 1.165) is 55.9 Å². The van der Waals surface area contributed by atoms with Gasteiger partial charge in [-0.25, -0.2) is 0 Å². The lowest BCUT2D eigenvalue weighted by molar-refractivity contribution is -0.138. The van der Waals surface area contributed by atoms with E-state index in [1.165, 1.54) is 0 Å². The van der Waals surface area contributed by atoms with Gasteiger partial charge >= 0.3 is 11.9 Å². The molecular weight excluding hydrogens is 785 g/mol. The fourth-order valence-electron chi connectivity index (χ4n) is 8.52. The standard InChI is InChI=1S/C50H60N4O8/c1-7-31-25-29(5)37(27-51-41(55)19-13-15-21-43(57)58)33(9-3)47(31)53-39-23-24-40(46-45(39)49(61)35-17-11-12-18-36(35)50(46)62)54-48-32(8-2)26-30(6)38(34(48)10-4)28-52-42(56)20-14-16-22-44(59)60/h11-12,17-18,23-26,53-54H,7-10,13-16,19-22,27-28H2,1-6H3,(H,51,55)(H,52,56)(H,57,58)(H,59,60). The van der Waals surface area contributed by atoms with E-state index in [1.54, 1.807) is 24.3 Å². The van der Waals surface area contributed by atoms with Crippen molar-refractivity contribution in [2.45, 2.75) is 132 Å². The molecule has 1 aliphatic carbocycles. The van der Waals surface area contributed by atoms with E-state index < -0.39 is 11.9 Å². The first-order chi connectivity index (χ1) is 29.7. The Morgan fingerprint density at radius 3 is 1.23 bits per heavy atom. The maximum absolute atomic E-state index is 14.7. The maximum atomic E-state index is 14.7. The van der Waals surface area contributed by atoms with E-state index in [0.29, 0.717) is 73.9 Å². The summed E-state index contributed by atoms with van der Waals surface area (Å²) in [6.07, 6.45) is 4.93. The first-order valence-corrected chi connectivity index (χ1v) is 21.9. The molecule has 0 atom stereocenters. The van der Waals surface area contributed by atoms with Crippen LogP contribution in [0, 0.1) is 13.8 Å². The molecule has 0 spiro atoms. The van der Waals surface area contributed by atoms with Crippen molar-refractivity contribution in [3.63, 3.8) is 0 Å². The Morgan fingerprint density at radius 2 is 0.887 bits per heavy atom. The summed E-state index contributed by atoms with van der Waals surface area (Å²) in [7, 11) is 0. The second-order valence-corrected chi connectivity index (χ2v) is 15.9. The lowest BCUT2D eigenvalue weighted by Gasteiger charge is -2.27. The van der Waals surface area contributed by atoms with Crippen molar-refractivity contribution in [3.05, 3.63) is 115 Å². The Hall–Kier alpha value is -6.30. The maximum Gasteiger partial charge on any atom is 0.303 e. The van der Waals surface area contributed by atoms with Crippen LogP contribution in [0.3, 0.4) is 0 Å². The number of aliphatic carboxylic acids is 2. The van der Waals surface area contributed by atoms with Crippen LogP contribution in [0.1, 0.15) is 155 Å². The summed E-state index contributed by atoms with van der Waals surface area (Å²) in [5.74, 6) is -2.62. The first-order valence-electron chi connectivity index (χ1n) is 21.9. The number of hydrogen-bond acceptors (Lipinski definition) is 8. The van der Waals surface area contributed by atoms with Crippen molar-refractivity contribution in [2.75, 3.05) is 10.6 Å². The van der Waals surface area contributed by atoms with Gasteiger partial charge in [-0.1, -0.05) is 64.1 Å². The summed E-state index contributed by atoms with van der Waals surface area (Å²) in [4.78, 5) is 76.8. The van der Waals surface area contributed by atoms with Crippen LogP contribution in [0.25, 0.3) is 0 Å². The van der Waals surface area contributed by atoms with Crippen molar-refractivity contribution in [2.24, 2.45) is 0 Å². The monoisotopic (exact) mass is 844 g/mol. The molecule has 0 aliphatic heterocycles. The Labute approximate surface area is 364 Å². The number of carboxylic acid groups (broad SMARTS) is 2. The number of unbranched alkanes of at least 4 members (excludes halogenated alkanes) is 2. The van der Waals surface area contributed by atoms with Crippen molar-refractivity contribution in [3.8, 4) is 0 Å². The van der Waals surface area contributed by atoms with Gasteiger partial charge in [0.25, 0.3) is 0 Å². The second kappa shape index (κ2) is 21.5. The lowest BCUT2D eigenvalue weighted by Crippen LogP contribution is -2.25. The van der Waals surface area contributed by atoms with E-state index in [9.17, 15) is 28.8 Å². The third-order valence-electron chi connectivity index (χ3n) is 11.8. The summed E-state index contributed by atoms with van der Waals surface area (Å²) in [6.45, 7) is 12.8. The van der Waals surface area contributed by atoms with Crippen LogP contribution in [-0.4, -0.2) is 45.5 Å². The Bertz CT molecular complexity index is 2220. The van der Waals surface area contributed by atoms with Gasteiger partial charge in [-0.2, -0.15) is 0 Å². The van der Waals surface area contributed by atoms with Gasteiger partial charge < -0.3 is 31.5 Å². The van der Waals surface area contributed by atoms with E-state index in [2.05, 4.69) is 47.2 Å². The van der Waals surface area contributed by atoms with E-state index in [1.807, 2.05) is 39.8 Å². The number of carbonyl (C=O) groups excluding carboxylic acids is 4. The Morgan fingerprint density at radius 1 is 0.516 bits per heavy atom. The van der Waals surface area contributed by atoms with Crippen LogP contribution in [0.15, 0.2) is 48.5 Å². The topological polar surface area (TPSA) is 191 Å². The minimum atomic E-state index is -0.882. The molecule has 328 valence electrons. The molecule has 12 heteroatoms. The van der Waals surface area contributed by atoms with Crippen molar-refractivity contribution in [1.82, 2.24) is 10.6 Å². The zero-order valence-corrected chi connectivity index (χ0v) is 36.9. The number of carboxylic acids is 2. The summed E-state index contributed by atoms with van der Waals surface area (Å²) in [5, 5.41) is 31.2. The van der Waals surface area contributed by atoms with Crippen LogP contribution in [0.5, 0.6) is 0 Å². The summed E-state index contributed by atoms with van der Waals surface area (Å²) < 4.78 is 0. The van der Waals surface area contributed by atoms with Crippen molar-refractivity contribution >= 4 is 58.1 Å². The number of ketones is 2. The highest BCUT2D eigenvalue weighted by Crippen LogP contribution is 2.42. The van der Waals surface area contributed by atoms with Gasteiger partial charge in [0.15, 0.2) is 11.6 Å². The molecule has 0 saturated heterocycles. The minimum Gasteiger partial charge on any atom is -0.481 e. The summed E-state index contributed by atoms with van der Waals surface area (Å²) in [5.41, 5.74) is 11.8. The molecular formula is C50H60N4O8. The summed E-state index contributed by atoms with van der Waals surface area (Å²) >= 11 is 0. The Kier molecular flexibility index (Phi) is 16.2. The highest BCUT2D eigenvalue weighted by atomic mass is 16.4. The van der Waals surface area contributed by atoms with Crippen LogP contribution >= 0.6 is 0 Å². The first kappa shape index (κ1) is 46.8. The molecule has 0 aromatic heterocycles. The molecule has 0 bridgehead atoms. The van der Waals surface area contributed by atoms with E-state index in [-0.39, 0.29) is 73.3 Å². The van der Waals surface area contributed by atoms with Gasteiger partial charge in [-0.15, -0.1) is 0 Å². The number of amides is 2. The zero-order chi connectivity index (χ0) is 45.1. The normalized spacial score (nSPS) is 11.8. The molecule has 0 fully saturated rings. The zero-order valence-electron chi connectivity index (χ0n) is 36.9. The predicted octanol–water partition coefficient (Wildman–Crippen LogP) is 9.34. The Balaban J connectivity index is 1.55. The second-order valence-electron chi connectivity index (χ2n) is 15.9. The van der Waals surface area contributed by atoms with Gasteiger partial charge in [0.2, 0.25) is 11.8 Å². The largest absolute Gasteiger partial charge is 0.481 e. The highest BCUT2D eigenvalue weighted by molar-refractivity contribution is 6.32. The van der Waals surface area contributed by atoms with Gasteiger partial charge in [-0.3, -0.25) is 28.8 Å². The number of anilines is 4. The van der Waals surface area contributed by atoms with Crippen molar-refractivity contribution < 1.29 is 39.0 Å². The summed E-state index contributed by atoms with van der Waals surface area (Å²) in [6, 6.07) is 14.7. The van der Waals surface area contributed by atoms with Gasteiger partial charge in [0, 0.05) is 61.3 Å². The van der Waals surface area contributed by atoms with Crippen LogP contribution in [0.4, 0.5) is 22.7 Å². The third-order valence-corrected chi connectivity index (χ3v) is 11.8. The smallest absolute Gasteiger partial charge is 0.303 e. The van der Waals surface area contributed by atoms with Gasteiger partial charge in [-0.05, 0) is 122 Å². The van der Waals surface area contributed by atoms with Crippen LogP contribution in [0.2, 0.25) is 0 Å². The molecule has 5 rings (SSSR count). The molecule has 12 nitrogen and oxygen atoms in total. The van der Waals surface area contributed by atoms with E-state index in [4.69, 9.17) is 10.2 Å². The highest BCUT2D eigenvalue weighted by Gasteiger charge is 2.35.